The topological polar surface area (TPSA) is 78.9 Å². The molecule has 0 atom stereocenters. The van der Waals surface area contributed by atoms with Gasteiger partial charge in [0.2, 0.25) is 5.91 Å². The number of halogens is 1. The van der Waals surface area contributed by atoms with Crippen LogP contribution in [0.2, 0.25) is 0 Å². The van der Waals surface area contributed by atoms with E-state index >= 15 is 0 Å². The van der Waals surface area contributed by atoms with Crippen LogP contribution in [0.15, 0.2) is 22.7 Å². The average Bonchev–Trinajstić information content (AvgIpc) is 2.18. The van der Waals surface area contributed by atoms with E-state index in [0.29, 0.717) is 15.7 Å². The number of amides is 1. The smallest absolute Gasteiger partial charge is 0.238 e. The Hall–Kier alpha value is -1.38. The second-order valence-electron chi connectivity index (χ2n) is 2.56. The minimum absolute atomic E-state index is 0.0579. The second kappa shape index (κ2) is 4.74. The summed E-state index contributed by atoms with van der Waals surface area (Å²) < 4.78 is 0.648. The second-order valence-corrected chi connectivity index (χ2v) is 3.41. The number of anilines is 1. The molecule has 1 aromatic carbocycles. The van der Waals surface area contributed by atoms with Crippen molar-refractivity contribution in [3.63, 3.8) is 0 Å². The Morgan fingerprint density at radius 2 is 2.36 bits per heavy atom. The van der Waals surface area contributed by atoms with Crippen LogP contribution in [0.25, 0.3) is 0 Å². The molecule has 0 aromatic heterocycles. The molecule has 1 amide bonds. The first kappa shape index (κ1) is 10.7. The lowest BCUT2D eigenvalue weighted by molar-refractivity contribution is -0.114. The van der Waals surface area contributed by atoms with Crippen molar-refractivity contribution in [2.75, 3.05) is 11.9 Å². The van der Waals surface area contributed by atoms with Crippen molar-refractivity contribution in [2.24, 2.45) is 5.73 Å². The van der Waals surface area contributed by atoms with E-state index in [-0.39, 0.29) is 12.5 Å². The number of nitrogens with one attached hydrogen (secondary N) is 1. The third kappa shape index (κ3) is 2.55. The molecule has 0 fully saturated rings. The lowest BCUT2D eigenvalue weighted by atomic mass is 10.2. The van der Waals surface area contributed by atoms with Crippen molar-refractivity contribution in [2.45, 2.75) is 0 Å². The van der Waals surface area contributed by atoms with Crippen molar-refractivity contribution >= 4 is 27.5 Å². The van der Waals surface area contributed by atoms with E-state index in [9.17, 15) is 4.79 Å². The van der Waals surface area contributed by atoms with Crippen molar-refractivity contribution in [1.29, 1.82) is 5.26 Å². The first-order chi connectivity index (χ1) is 6.67. The number of benzene rings is 1. The van der Waals surface area contributed by atoms with Crippen LogP contribution in [0.4, 0.5) is 5.69 Å². The van der Waals surface area contributed by atoms with Crippen LogP contribution in [0.5, 0.6) is 0 Å². The van der Waals surface area contributed by atoms with Gasteiger partial charge in [-0.25, -0.2) is 0 Å². The predicted octanol–water partition coefficient (Wildman–Crippen LogP) is 1.22. The van der Waals surface area contributed by atoms with Gasteiger partial charge in [-0.1, -0.05) is 0 Å². The molecule has 3 N–H and O–H groups in total. The zero-order valence-corrected chi connectivity index (χ0v) is 8.84. The fourth-order valence-corrected chi connectivity index (χ4v) is 1.36. The van der Waals surface area contributed by atoms with Crippen LogP contribution in [0.1, 0.15) is 5.56 Å². The van der Waals surface area contributed by atoms with Crippen molar-refractivity contribution in [1.82, 2.24) is 0 Å². The number of nitrogens with zero attached hydrogens (tertiary/aromatic N) is 1. The number of hydrogen-bond donors (Lipinski definition) is 2. The first-order valence-electron chi connectivity index (χ1n) is 3.87. The molecule has 0 aliphatic heterocycles. The Morgan fingerprint density at radius 3 is 2.86 bits per heavy atom. The number of carbonyl (C=O) groups excluding carboxylic acids is 1. The van der Waals surface area contributed by atoms with Crippen molar-refractivity contribution in [3.8, 4) is 6.07 Å². The largest absolute Gasteiger partial charge is 0.325 e. The summed E-state index contributed by atoms with van der Waals surface area (Å²) in [5, 5.41) is 11.2. The van der Waals surface area contributed by atoms with Gasteiger partial charge in [0.1, 0.15) is 6.07 Å². The molecular weight excluding hydrogens is 246 g/mol. The quantitative estimate of drug-likeness (QED) is 0.832. The highest BCUT2D eigenvalue weighted by atomic mass is 79.9. The van der Waals surface area contributed by atoms with E-state index in [0.717, 1.165) is 0 Å². The maximum Gasteiger partial charge on any atom is 0.238 e. The maximum absolute atomic E-state index is 10.9. The van der Waals surface area contributed by atoms with E-state index in [2.05, 4.69) is 21.2 Å². The lowest BCUT2D eigenvalue weighted by Crippen LogP contribution is -2.21. The zero-order valence-electron chi connectivity index (χ0n) is 7.25. The molecule has 0 saturated heterocycles. The molecule has 0 bridgehead atoms. The zero-order chi connectivity index (χ0) is 10.6. The van der Waals surface area contributed by atoms with Gasteiger partial charge >= 0.3 is 0 Å². The molecule has 0 aliphatic rings. The van der Waals surface area contributed by atoms with E-state index in [1.165, 1.54) is 0 Å². The molecule has 0 saturated carbocycles. The molecule has 14 heavy (non-hydrogen) atoms. The van der Waals surface area contributed by atoms with Crippen molar-refractivity contribution in [3.05, 3.63) is 28.2 Å². The Labute approximate surface area is 89.8 Å². The molecule has 72 valence electrons. The van der Waals surface area contributed by atoms with Gasteiger partial charge in [0.05, 0.1) is 12.1 Å². The average molecular weight is 254 g/mol. The van der Waals surface area contributed by atoms with Gasteiger partial charge in [0.15, 0.2) is 0 Å². The summed E-state index contributed by atoms with van der Waals surface area (Å²) in [5.74, 6) is -0.262. The highest BCUT2D eigenvalue weighted by Gasteiger charge is 2.02. The third-order valence-corrected chi connectivity index (χ3v) is 2.21. The van der Waals surface area contributed by atoms with Crippen LogP contribution >= 0.6 is 15.9 Å². The summed E-state index contributed by atoms with van der Waals surface area (Å²) >= 11 is 3.21. The summed E-state index contributed by atoms with van der Waals surface area (Å²) in [6.45, 7) is -0.0579. The molecule has 1 rings (SSSR count). The minimum atomic E-state index is -0.262. The Kier molecular flexibility index (Phi) is 3.63. The molecule has 0 radical (unpaired) electrons. The van der Waals surface area contributed by atoms with Crippen LogP contribution in [0, 0.1) is 11.3 Å². The molecule has 4 nitrogen and oxygen atoms in total. The first-order valence-corrected chi connectivity index (χ1v) is 4.66. The fourth-order valence-electron chi connectivity index (χ4n) is 0.896. The standard InChI is InChI=1S/C9H8BrN3O/c10-8-3-7(13-9(14)5-12)2-1-6(8)4-11/h1-3H,5,12H2,(H,13,14). The van der Waals surface area contributed by atoms with E-state index in [1.54, 1.807) is 18.2 Å². The highest BCUT2D eigenvalue weighted by Crippen LogP contribution is 2.20. The summed E-state index contributed by atoms with van der Waals surface area (Å²) in [6.07, 6.45) is 0. The van der Waals surface area contributed by atoms with Gasteiger partial charge in [-0.2, -0.15) is 5.26 Å². The van der Waals surface area contributed by atoms with Crippen LogP contribution in [-0.4, -0.2) is 12.5 Å². The summed E-state index contributed by atoms with van der Waals surface area (Å²) in [5.41, 5.74) is 6.28. The molecule has 1 aromatic rings. The third-order valence-electron chi connectivity index (χ3n) is 1.56. The minimum Gasteiger partial charge on any atom is -0.325 e. The fraction of sp³-hybridized carbons (Fsp3) is 0.111. The van der Waals surface area contributed by atoms with E-state index < -0.39 is 0 Å². The SMILES string of the molecule is N#Cc1ccc(NC(=O)CN)cc1Br. The summed E-state index contributed by atoms with van der Waals surface area (Å²) in [4.78, 5) is 10.9. The maximum atomic E-state index is 10.9. The van der Waals surface area contributed by atoms with Gasteiger partial charge in [0, 0.05) is 10.2 Å². The van der Waals surface area contributed by atoms with E-state index in [4.69, 9.17) is 11.0 Å². The van der Waals surface area contributed by atoms with E-state index in [1.807, 2.05) is 6.07 Å². The number of rotatable bonds is 2. The molecule has 0 unspecified atom stereocenters. The molecular formula is C9H8BrN3O. The van der Waals surface area contributed by atoms with Crippen LogP contribution < -0.4 is 11.1 Å². The normalized spacial score (nSPS) is 9.21. The van der Waals surface area contributed by atoms with Crippen molar-refractivity contribution < 1.29 is 4.79 Å². The summed E-state index contributed by atoms with van der Waals surface area (Å²) in [7, 11) is 0. The monoisotopic (exact) mass is 253 g/mol. The highest BCUT2D eigenvalue weighted by molar-refractivity contribution is 9.10. The molecule has 5 heteroatoms. The van der Waals surface area contributed by atoms with Gasteiger partial charge in [0.25, 0.3) is 0 Å². The number of carbonyl (C=O) groups is 1. The number of nitriles is 1. The van der Waals surface area contributed by atoms with Gasteiger partial charge in [-0.05, 0) is 34.1 Å². The van der Waals surface area contributed by atoms with Gasteiger partial charge < -0.3 is 11.1 Å². The Morgan fingerprint density at radius 1 is 1.64 bits per heavy atom. The number of hydrogen-bond acceptors (Lipinski definition) is 3. The Balaban J connectivity index is 2.88. The predicted molar refractivity (Wildman–Crippen MR) is 56.5 cm³/mol. The van der Waals surface area contributed by atoms with Gasteiger partial charge in [-0.3, -0.25) is 4.79 Å². The Bertz CT molecular complexity index is 398. The van der Waals surface area contributed by atoms with Crippen LogP contribution in [-0.2, 0) is 4.79 Å². The molecule has 0 spiro atoms. The molecule has 0 aliphatic carbocycles. The number of nitrogens with two attached hydrogens (primary N) is 1. The van der Waals surface area contributed by atoms with Gasteiger partial charge in [-0.15, -0.1) is 0 Å². The summed E-state index contributed by atoms with van der Waals surface area (Å²) in [6, 6.07) is 6.94. The molecule has 0 heterocycles. The lowest BCUT2D eigenvalue weighted by Gasteiger charge is -2.04. The van der Waals surface area contributed by atoms with Crippen LogP contribution in [0.3, 0.4) is 0 Å².